The molecular formula is C12H21N3O4S. The lowest BCUT2D eigenvalue weighted by Crippen LogP contribution is -2.34. The van der Waals surface area contributed by atoms with Crippen molar-refractivity contribution in [3.05, 3.63) is 18.0 Å². The summed E-state index contributed by atoms with van der Waals surface area (Å²) in [6, 6.07) is 1.32. The lowest BCUT2D eigenvalue weighted by Gasteiger charge is -2.21. The van der Waals surface area contributed by atoms with Gasteiger partial charge in [0.15, 0.2) is 0 Å². The van der Waals surface area contributed by atoms with Crippen molar-refractivity contribution in [3.8, 4) is 0 Å². The van der Waals surface area contributed by atoms with Crippen LogP contribution in [0.4, 0.5) is 0 Å². The van der Waals surface area contributed by atoms with Crippen LogP contribution in [0.5, 0.6) is 0 Å². The van der Waals surface area contributed by atoms with Crippen LogP contribution in [0, 0.1) is 0 Å². The first-order chi connectivity index (χ1) is 9.35. The lowest BCUT2D eigenvalue weighted by atomic mass is 10.3. The van der Waals surface area contributed by atoms with Crippen LogP contribution in [-0.4, -0.2) is 50.6 Å². The third kappa shape index (κ3) is 3.81. The molecule has 2 N–H and O–H groups in total. The van der Waals surface area contributed by atoms with Gasteiger partial charge in [-0.1, -0.05) is 0 Å². The molecule has 0 fully saturated rings. The highest BCUT2D eigenvalue weighted by molar-refractivity contribution is 7.89. The number of likely N-dealkylation sites (N-methyl/N-ethyl adjacent to an activating group) is 1. The van der Waals surface area contributed by atoms with Crippen LogP contribution in [0.25, 0.3) is 0 Å². The summed E-state index contributed by atoms with van der Waals surface area (Å²) in [4.78, 5) is 14.0. The van der Waals surface area contributed by atoms with Crippen molar-refractivity contribution >= 4 is 15.9 Å². The normalized spacial score (nSPS) is 11.6. The summed E-state index contributed by atoms with van der Waals surface area (Å²) in [5, 5.41) is 5.10. The maximum Gasteiger partial charge on any atom is 0.270 e. The van der Waals surface area contributed by atoms with E-state index >= 15 is 0 Å². The van der Waals surface area contributed by atoms with Crippen LogP contribution in [-0.2, 0) is 21.3 Å². The number of carbonyl (C=O) groups excluding carboxylic acids is 1. The summed E-state index contributed by atoms with van der Waals surface area (Å²) >= 11 is 0. The van der Waals surface area contributed by atoms with E-state index in [9.17, 15) is 13.2 Å². The molecule has 0 aliphatic heterocycles. The van der Waals surface area contributed by atoms with E-state index in [0.717, 1.165) is 0 Å². The van der Waals surface area contributed by atoms with E-state index in [-0.39, 0.29) is 10.8 Å². The van der Waals surface area contributed by atoms with Gasteiger partial charge in [0.05, 0.1) is 6.61 Å². The van der Waals surface area contributed by atoms with Gasteiger partial charge in [0.2, 0.25) is 10.0 Å². The zero-order valence-corrected chi connectivity index (χ0v) is 12.8. The van der Waals surface area contributed by atoms with Crippen molar-refractivity contribution < 1.29 is 17.9 Å². The summed E-state index contributed by atoms with van der Waals surface area (Å²) in [5.74, 6) is -0.235. The largest absolute Gasteiger partial charge is 0.383 e. The molecule has 1 amide bonds. The number of aromatic nitrogens is 1. The molecule has 1 heterocycles. The van der Waals surface area contributed by atoms with Crippen LogP contribution in [0.1, 0.15) is 24.3 Å². The second kappa shape index (κ2) is 6.87. The van der Waals surface area contributed by atoms with Gasteiger partial charge in [-0.15, -0.1) is 0 Å². The number of rotatable bonds is 7. The number of nitrogens with zero attached hydrogens (tertiary/aromatic N) is 2. The lowest BCUT2D eigenvalue weighted by molar-refractivity contribution is 0.0696. The monoisotopic (exact) mass is 303 g/mol. The zero-order chi connectivity index (χ0) is 15.3. The van der Waals surface area contributed by atoms with Crippen molar-refractivity contribution in [2.24, 2.45) is 5.14 Å². The number of methoxy groups -OCH3 is 1. The van der Waals surface area contributed by atoms with Gasteiger partial charge in [-0.25, -0.2) is 13.6 Å². The second-order valence-corrected chi connectivity index (χ2v) is 5.83. The first-order valence-corrected chi connectivity index (χ1v) is 7.90. The molecule has 1 aromatic heterocycles. The molecule has 0 aromatic carbocycles. The van der Waals surface area contributed by atoms with Gasteiger partial charge in [0.1, 0.15) is 10.6 Å². The maximum atomic E-state index is 12.4. The molecule has 0 spiro atoms. The van der Waals surface area contributed by atoms with E-state index in [1.165, 1.54) is 12.3 Å². The van der Waals surface area contributed by atoms with Gasteiger partial charge >= 0.3 is 0 Å². The molecule has 0 saturated carbocycles. The van der Waals surface area contributed by atoms with E-state index in [1.807, 2.05) is 13.8 Å². The molecule has 0 atom stereocenters. The number of hydrogen-bond donors (Lipinski definition) is 1. The number of carbonyl (C=O) groups is 1. The Bertz CT molecular complexity index is 565. The Hall–Kier alpha value is -1.38. The second-order valence-electron chi connectivity index (χ2n) is 4.27. The molecule has 7 nitrogen and oxygen atoms in total. The maximum absolute atomic E-state index is 12.4. The fourth-order valence-electron chi connectivity index (χ4n) is 1.85. The van der Waals surface area contributed by atoms with Gasteiger partial charge in [0.25, 0.3) is 5.91 Å². The fourth-order valence-corrected chi connectivity index (χ4v) is 2.40. The smallest absolute Gasteiger partial charge is 0.270 e. The van der Waals surface area contributed by atoms with Crippen LogP contribution in [0.2, 0.25) is 0 Å². The Kier molecular flexibility index (Phi) is 5.73. The molecule has 20 heavy (non-hydrogen) atoms. The van der Waals surface area contributed by atoms with Crippen LogP contribution in [0.3, 0.4) is 0 Å². The van der Waals surface area contributed by atoms with Crippen molar-refractivity contribution in [3.63, 3.8) is 0 Å². The highest BCUT2D eigenvalue weighted by Crippen LogP contribution is 2.15. The minimum Gasteiger partial charge on any atom is -0.383 e. The number of aryl methyl sites for hydroxylation is 1. The van der Waals surface area contributed by atoms with Crippen molar-refractivity contribution in [1.29, 1.82) is 0 Å². The van der Waals surface area contributed by atoms with E-state index in [4.69, 9.17) is 9.88 Å². The first-order valence-electron chi connectivity index (χ1n) is 6.36. The predicted octanol–water partition coefficient (Wildman–Crippen LogP) is 0.264. The van der Waals surface area contributed by atoms with Gasteiger partial charge in [-0.3, -0.25) is 4.79 Å². The zero-order valence-electron chi connectivity index (χ0n) is 12.0. The summed E-state index contributed by atoms with van der Waals surface area (Å²) in [7, 11) is -2.25. The number of amides is 1. The molecule has 1 rings (SSSR count). The standard InChI is InChI=1S/C12H21N3O4S/c1-4-14(6-7-19-3)12(16)11-8-10(20(13,17)18)9-15(11)5-2/h8-9H,4-7H2,1-3H3,(H2,13,17,18). The molecule has 114 valence electrons. The van der Waals surface area contributed by atoms with Crippen LogP contribution < -0.4 is 5.14 Å². The third-order valence-corrected chi connectivity index (χ3v) is 3.87. The number of sulfonamides is 1. The van der Waals surface area contributed by atoms with E-state index in [0.29, 0.717) is 31.9 Å². The molecular weight excluding hydrogens is 282 g/mol. The summed E-state index contributed by atoms with van der Waals surface area (Å²) in [6.45, 7) is 5.56. The molecule has 0 radical (unpaired) electrons. The van der Waals surface area contributed by atoms with Crippen LogP contribution in [0.15, 0.2) is 17.2 Å². The van der Waals surface area contributed by atoms with Gasteiger partial charge < -0.3 is 14.2 Å². The highest BCUT2D eigenvalue weighted by atomic mass is 32.2. The minimum absolute atomic E-state index is 0.0505. The fraction of sp³-hybridized carbons (Fsp3) is 0.583. The Labute approximate surface area is 119 Å². The number of primary sulfonamides is 1. The Morgan fingerprint density at radius 3 is 2.55 bits per heavy atom. The summed E-state index contributed by atoms with van der Waals surface area (Å²) < 4.78 is 29.3. The topological polar surface area (TPSA) is 94.6 Å². The van der Waals surface area contributed by atoms with E-state index in [2.05, 4.69) is 0 Å². The molecule has 0 bridgehead atoms. The number of nitrogens with two attached hydrogens (primary N) is 1. The molecule has 1 aromatic rings. The quantitative estimate of drug-likeness (QED) is 0.782. The Balaban J connectivity index is 3.11. The van der Waals surface area contributed by atoms with E-state index < -0.39 is 10.0 Å². The molecule has 0 unspecified atom stereocenters. The molecule has 8 heteroatoms. The third-order valence-electron chi connectivity index (χ3n) is 2.99. The Morgan fingerprint density at radius 2 is 2.10 bits per heavy atom. The van der Waals surface area contributed by atoms with Crippen molar-refractivity contribution in [2.75, 3.05) is 26.8 Å². The van der Waals surface area contributed by atoms with Gasteiger partial charge in [0, 0.05) is 32.9 Å². The van der Waals surface area contributed by atoms with Crippen molar-refractivity contribution in [1.82, 2.24) is 9.47 Å². The summed E-state index contributed by atoms with van der Waals surface area (Å²) in [5.41, 5.74) is 0.314. The number of ether oxygens (including phenoxy) is 1. The average molecular weight is 303 g/mol. The Morgan fingerprint density at radius 1 is 1.45 bits per heavy atom. The number of hydrogen-bond acceptors (Lipinski definition) is 4. The predicted molar refractivity (Wildman–Crippen MR) is 74.9 cm³/mol. The highest BCUT2D eigenvalue weighted by Gasteiger charge is 2.21. The van der Waals surface area contributed by atoms with E-state index in [1.54, 1.807) is 16.6 Å². The SMILES string of the molecule is CCN(CCOC)C(=O)c1cc(S(N)(=O)=O)cn1CC. The van der Waals surface area contributed by atoms with Crippen molar-refractivity contribution in [2.45, 2.75) is 25.3 Å². The molecule has 0 saturated heterocycles. The molecule has 0 aliphatic carbocycles. The average Bonchev–Trinajstić information content (AvgIpc) is 2.83. The van der Waals surface area contributed by atoms with Crippen LogP contribution >= 0.6 is 0 Å². The first kappa shape index (κ1) is 16.7. The summed E-state index contributed by atoms with van der Waals surface area (Å²) in [6.07, 6.45) is 1.38. The van der Waals surface area contributed by atoms with Gasteiger partial charge in [-0.05, 0) is 19.9 Å². The molecule has 0 aliphatic rings. The van der Waals surface area contributed by atoms with Gasteiger partial charge in [-0.2, -0.15) is 0 Å². The minimum atomic E-state index is -3.81.